The molecule has 0 aliphatic rings. The zero-order chi connectivity index (χ0) is 14.6. The normalized spacial score (nSPS) is 11.8. The Hall–Kier alpha value is -2.50. The van der Waals surface area contributed by atoms with Crippen molar-refractivity contribution in [1.29, 1.82) is 0 Å². The summed E-state index contributed by atoms with van der Waals surface area (Å²) < 4.78 is 39.7. The number of hydrogen-bond acceptors (Lipinski definition) is 2. The van der Waals surface area contributed by atoms with E-state index >= 15 is 0 Å². The van der Waals surface area contributed by atoms with Crippen LogP contribution in [-0.2, 0) is 0 Å². The molecule has 6 heteroatoms. The summed E-state index contributed by atoms with van der Waals surface area (Å²) in [6.45, 7) is 0. The molecule has 3 nitrogen and oxygen atoms in total. The molecule has 1 N–H and O–H groups in total. The summed E-state index contributed by atoms with van der Waals surface area (Å²) in [6, 6.07) is 8.56. The Morgan fingerprint density at radius 1 is 1.15 bits per heavy atom. The van der Waals surface area contributed by atoms with Gasteiger partial charge in [-0.3, -0.25) is 4.79 Å². The van der Waals surface area contributed by atoms with Crippen LogP contribution in [0.15, 0.2) is 48.7 Å². The van der Waals surface area contributed by atoms with Gasteiger partial charge in [-0.25, -0.2) is 0 Å². The van der Waals surface area contributed by atoms with Crippen LogP contribution in [0.1, 0.15) is 16.1 Å². The van der Waals surface area contributed by atoms with Gasteiger partial charge in [-0.2, -0.15) is 0 Å². The standard InChI is InChI=1S/C14H10F3NO2/c15-14(16,17)20-11-6-3-10(4-7-11)5-8-13(19)12-2-1-9-18-12/h1-9,18H/b8-5+. The highest BCUT2D eigenvalue weighted by Crippen LogP contribution is 2.23. The quantitative estimate of drug-likeness (QED) is 0.684. The van der Waals surface area contributed by atoms with Crippen LogP contribution < -0.4 is 4.74 Å². The number of benzene rings is 1. The molecule has 0 amide bonds. The lowest BCUT2D eigenvalue weighted by molar-refractivity contribution is -0.274. The van der Waals surface area contributed by atoms with E-state index in [-0.39, 0.29) is 11.5 Å². The second-order valence-electron chi connectivity index (χ2n) is 3.90. The lowest BCUT2D eigenvalue weighted by Crippen LogP contribution is -2.16. The lowest BCUT2D eigenvalue weighted by atomic mass is 10.1. The molecule has 20 heavy (non-hydrogen) atoms. The lowest BCUT2D eigenvalue weighted by Gasteiger charge is -2.08. The Labute approximate surface area is 112 Å². The van der Waals surface area contributed by atoms with Crippen molar-refractivity contribution < 1.29 is 22.7 Å². The Morgan fingerprint density at radius 3 is 2.40 bits per heavy atom. The van der Waals surface area contributed by atoms with Crippen LogP contribution in [0, 0.1) is 0 Å². The number of allylic oxidation sites excluding steroid dienone is 1. The Balaban J connectivity index is 2.02. The molecule has 0 radical (unpaired) electrons. The molecule has 0 aliphatic heterocycles. The predicted octanol–water partition coefficient (Wildman–Crippen LogP) is 3.81. The number of carbonyl (C=O) groups excluding carboxylic acids is 1. The van der Waals surface area contributed by atoms with Crippen molar-refractivity contribution in [2.24, 2.45) is 0 Å². The molecule has 0 atom stereocenters. The molecule has 0 saturated carbocycles. The van der Waals surface area contributed by atoms with Gasteiger partial charge in [-0.15, -0.1) is 13.2 Å². The van der Waals surface area contributed by atoms with Crippen molar-refractivity contribution in [2.75, 3.05) is 0 Å². The highest BCUT2D eigenvalue weighted by molar-refractivity contribution is 6.05. The minimum Gasteiger partial charge on any atom is -0.406 e. The smallest absolute Gasteiger partial charge is 0.406 e. The summed E-state index contributed by atoms with van der Waals surface area (Å²) in [7, 11) is 0. The molecule has 0 unspecified atom stereocenters. The minimum absolute atomic E-state index is 0.217. The Kier molecular flexibility index (Phi) is 3.93. The fourth-order valence-electron chi connectivity index (χ4n) is 1.53. The van der Waals surface area contributed by atoms with E-state index in [0.29, 0.717) is 11.3 Å². The molecule has 1 heterocycles. The van der Waals surface area contributed by atoms with E-state index in [2.05, 4.69) is 9.72 Å². The molecule has 1 aromatic heterocycles. The molecule has 2 rings (SSSR count). The number of aromatic amines is 1. The average molecular weight is 281 g/mol. The maximum Gasteiger partial charge on any atom is 0.573 e. The van der Waals surface area contributed by atoms with E-state index in [4.69, 9.17) is 0 Å². The van der Waals surface area contributed by atoms with Gasteiger partial charge in [0.05, 0.1) is 5.69 Å². The maximum absolute atomic E-state index is 12.0. The van der Waals surface area contributed by atoms with Crippen molar-refractivity contribution >= 4 is 11.9 Å². The highest BCUT2D eigenvalue weighted by Gasteiger charge is 2.30. The van der Waals surface area contributed by atoms with E-state index in [1.165, 1.54) is 36.4 Å². The van der Waals surface area contributed by atoms with Crippen LogP contribution in [0.3, 0.4) is 0 Å². The van der Waals surface area contributed by atoms with Crippen molar-refractivity contribution in [3.05, 3.63) is 59.9 Å². The molecule has 0 aliphatic carbocycles. The number of carbonyl (C=O) groups is 1. The topological polar surface area (TPSA) is 42.1 Å². The number of alkyl halides is 3. The number of aromatic nitrogens is 1. The molecule has 0 bridgehead atoms. The van der Waals surface area contributed by atoms with Gasteiger partial charge in [-0.1, -0.05) is 18.2 Å². The van der Waals surface area contributed by atoms with Gasteiger partial charge in [0.15, 0.2) is 0 Å². The maximum atomic E-state index is 12.0. The van der Waals surface area contributed by atoms with Gasteiger partial charge in [0.2, 0.25) is 5.78 Å². The average Bonchev–Trinajstić information content (AvgIpc) is 2.89. The zero-order valence-electron chi connectivity index (χ0n) is 10.1. The van der Waals surface area contributed by atoms with Crippen LogP contribution in [0.5, 0.6) is 5.75 Å². The van der Waals surface area contributed by atoms with Gasteiger partial charge < -0.3 is 9.72 Å². The largest absolute Gasteiger partial charge is 0.573 e. The number of H-pyrrole nitrogens is 1. The van der Waals surface area contributed by atoms with Gasteiger partial charge in [0.1, 0.15) is 5.75 Å². The first-order valence-corrected chi connectivity index (χ1v) is 5.66. The molecule has 0 spiro atoms. The van der Waals surface area contributed by atoms with Crippen molar-refractivity contribution in [2.45, 2.75) is 6.36 Å². The highest BCUT2D eigenvalue weighted by atomic mass is 19.4. The number of ether oxygens (including phenoxy) is 1. The van der Waals surface area contributed by atoms with E-state index in [0.717, 1.165) is 0 Å². The van der Waals surface area contributed by atoms with Crippen LogP contribution in [0.25, 0.3) is 6.08 Å². The van der Waals surface area contributed by atoms with Crippen LogP contribution in [0.2, 0.25) is 0 Å². The van der Waals surface area contributed by atoms with Crippen molar-refractivity contribution in [3.8, 4) is 5.75 Å². The first-order chi connectivity index (χ1) is 9.44. The first kappa shape index (κ1) is 13.9. The first-order valence-electron chi connectivity index (χ1n) is 5.66. The monoisotopic (exact) mass is 281 g/mol. The van der Waals surface area contributed by atoms with E-state index in [9.17, 15) is 18.0 Å². The van der Waals surface area contributed by atoms with Crippen molar-refractivity contribution in [1.82, 2.24) is 4.98 Å². The second kappa shape index (κ2) is 5.64. The van der Waals surface area contributed by atoms with Gasteiger partial charge >= 0.3 is 6.36 Å². The zero-order valence-corrected chi connectivity index (χ0v) is 10.1. The minimum atomic E-state index is -4.71. The molecule has 104 valence electrons. The Bertz CT molecular complexity index is 598. The number of hydrogen-bond donors (Lipinski definition) is 1. The molecular formula is C14H10F3NO2. The SMILES string of the molecule is O=C(/C=C/c1ccc(OC(F)(F)F)cc1)c1ccc[nH]1. The summed E-state index contributed by atoms with van der Waals surface area (Å²) in [5, 5.41) is 0. The van der Waals surface area contributed by atoms with Gasteiger partial charge in [0.25, 0.3) is 0 Å². The molecule has 0 saturated heterocycles. The molecule has 1 aromatic carbocycles. The van der Waals surface area contributed by atoms with E-state index in [1.807, 2.05) is 0 Å². The fraction of sp³-hybridized carbons (Fsp3) is 0.0714. The number of nitrogens with one attached hydrogen (secondary N) is 1. The summed E-state index contributed by atoms with van der Waals surface area (Å²) in [5.41, 5.74) is 1.04. The third-order valence-electron chi connectivity index (χ3n) is 2.40. The van der Waals surface area contributed by atoms with Gasteiger partial charge in [-0.05, 0) is 35.9 Å². The molecular weight excluding hydrogens is 271 g/mol. The summed E-state index contributed by atoms with van der Waals surface area (Å²) in [6.07, 6.45) is -0.225. The summed E-state index contributed by atoms with van der Waals surface area (Å²) in [5.74, 6) is -0.518. The second-order valence-corrected chi connectivity index (χ2v) is 3.90. The van der Waals surface area contributed by atoms with Crippen LogP contribution in [0.4, 0.5) is 13.2 Å². The Morgan fingerprint density at radius 2 is 1.85 bits per heavy atom. The van der Waals surface area contributed by atoms with Crippen LogP contribution in [-0.4, -0.2) is 17.1 Å². The van der Waals surface area contributed by atoms with Crippen LogP contribution >= 0.6 is 0 Å². The number of halogens is 3. The summed E-state index contributed by atoms with van der Waals surface area (Å²) in [4.78, 5) is 14.4. The third kappa shape index (κ3) is 4.01. The van der Waals surface area contributed by atoms with E-state index < -0.39 is 6.36 Å². The van der Waals surface area contributed by atoms with Gasteiger partial charge in [0, 0.05) is 6.20 Å². The predicted molar refractivity (Wildman–Crippen MR) is 67.3 cm³/mol. The fourth-order valence-corrected chi connectivity index (χ4v) is 1.53. The molecule has 2 aromatic rings. The number of rotatable bonds is 4. The summed E-state index contributed by atoms with van der Waals surface area (Å²) >= 11 is 0. The third-order valence-corrected chi connectivity index (χ3v) is 2.40. The molecule has 0 fully saturated rings. The number of ketones is 1. The van der Waals surface area contributed by atoms with E-state index in [1.54, 1.807) is 18.3 Å². The van der Waals surface area contributed by atoms with Crippen molar-refractivity contribution in [3.63, 3.8) is 0 Å².